The molecular weight excluding hydrogens is 787 g/mol. The van der Waals surface area contributed by atoms with Crippen LogP contribution in [0.25, 0.3) is 0 Å². The van der Waals surface area contributed by atoms with Crippen molar-refractivity contribution in [2.24, 2.45) is 0 Å². The second-order valence-corrected chi connectivity index (χ2v) is 17.4. The lowest BCUT2D eigenvalue weighted by molar-refractivity contribution is -0.887. The first kappa shape index (κ1) is 59.2. The number of hydrogen-bond acceptors (Lipinski definition) is 6. The van der Waals surface area contributed by atoms with Crippen molar-refractivity contribution in [2.75, 3.05) is 41.0 Å². The van der Waals surface area contributed by atoms with E-state index in [0.717, 1.165) is 89.9 Å². The number of rotatable bonds is 43. The molecule has 2 atom stereocenters. The van der Waals surface area contributed by atoms with Crippen molar-refractivity contribution in [3.8, 4) is 0 Å². The van der Waals surface area contributed by atoms with E-state index in [0.29, 0.717) is 19.3 Å². The molecule has 2 unspecified atom stereocenters. The van der Waals surface area contributed by atoms with Crippen molar-refractivity contribution in [3.63, 3.8) is 0 Å². The normalized spacial score (nSPS) is 13.7. The molecule has 8 nitrogen and oxygen atoms in total. The van der Waals surface area contributed by atoms with Crippen LogP contribution < -0.4 is 0 Å². The summed E-state index contributed by atoms with van der Waals surface area (Å²) in [5, 5.41) is 9.65. The molecule has 1 N–H and O–H groups in total. The molecule has 358 valence electrons. The summed E-state index contributed by atoms with van der Waals surface area (Å²) >= 11 is 0. The Morgan fingerprint density at radius 2 is 0.937 bits per heavy atom. The second-order valence-electron chi connectivity index (χ2n) is 17.4. The highest BCUT2D eigenvalue weighted by Gasteiger charge is 2.31. The lowest BCUT2D eigenvalue weighted by atomic mass is 10.1. The highest BCUT2D eigenvalue weighted by molar-refractivity contribution is 5.72. The highest BCUT2D eigenvalue weighted by atomic mass is 16.6. The Morgan fingerprint density at radius 1 is 0.508 bits per heavy atom. The summed E-state index contributed by atoms with van der Waals surface area (Å²) in [4.78, 5) is 37.1. The molecule has 0 radical (unpaired) electrons. The monoisotopic (exact) mass is 879 g/mol. The van der Waals surface area contributed by atoms with Crippen molar-refractivity contribution in [1.82, 2.24) is 0 Å². The molecule has 0 heterocycles. The van der Waals surface area contributed by atoms with Gasteiger partial charge in [0.25, 0.3) is 0 Å². The number of nitrogens with zero attached hydrogens (tertiary/aromatic N) is 1. The largest absolute Gasteiger partial charge is 0.477 e. The van der Waals surface area contributed by atoms with Gasteiger partial charge in [-0.15, -0.1) is 0 Å². The molecule has 0 rings (SSSR count). The van der Waals surface area contributed by atoms with Gasteiger partial charge in [0.15, 0.2) is 12.1 Å². The van der Waals surface area contributed by atoms with Crippen LogP contribution in [0.5, 0.6) is 0 Å². The number of hydrogen-bond donors (Lipinski definition) is 1. The van der Waals surface area contributed by atoms with Crippen LogP contribution in [0.15, 0.2) is 97.2 Å². The van der Waals surface area contributed by atoms with Gasteiger partial charge in [0.05, 0.1) is 34.4 Å². The summed E-state index contributed by atoms with van der Waals surface area (Å²) in [6, 6.07) is -0.632. The van der Waals surface area contributed by atoms with E-state index in [2.05, 4.69) is 111 Å². The van der Waals surface area contributed by atoms with E-state index in [9.17, 15) is 19.5 Å². The molecule has 0 saturated heterocycles. The number of esters is 2. The predicted molar refractivity (Wildman–Crippen MR) is 266 cm³/mol. The number of carbonyl (C=O) groups is 3. The Kier molecular flexibility index (Phi) is 42.2. The molecule has 0 spiro atoms. The first-order valence-corrected chi connectivity index (χ1v) is 24.8. The number of ether oxygens (including phenoxy) is 3. The minimum atomic E-state index is -0.888. The number of unbranched alkanes of at least 4 members (excludes halogenated alkanes) is 14. The van der Waals surface area contributed by atoms with Crippen LogP contribution in [0.1, 0.15) is 181 Å². The SMILES string of the molecule is CC/C=C/C/C=C/C/C=C/C/C=C/C/C=C/C/C=C/CCCCC(=O)OC(COCCC(C(=O)O)[N+](C)(C)C)COC(=O)CCCCCCC/C=C/C=C/CCCCCCCCC. The average Bonchev–Trinajstić information content (AvgIpc) is 3.24. The topological polar surface area (TPSA) is 99.1 Å². The van der Waals surface area contributed by atoms with Gasteiger partial charge < -0.3 is 23.8 Å². The van der Waals surface area contributed by atoms with Crippen LogP contribution in [-0.2, 0) is 28.6 Å². The van der Waals surface area contributed by atoms with Crippen molar-refractivity contribution < 1.29 is 38.2 Å². The fraction of sp³-hybridized carbons (Fsp3) is 0.655. The van der Waals surface area contributed by atoms with Crippen molar-refractivity contribution in [3.05, 3.63) is 97.2 Å². The third kappa shape index (κ3) is 43.3. The second kappa shape index (κ2) is 44.8. The summed E-state index contributed by atoms with van der Waals surface area (Å²) < 4.78 is 17.3. The summed E-state index contributed by atoms with van der Waals surface area (Å²) in [5.74, 6) is -1.55. The lowest BCUT2D eigenvalue weighted by Crippen LogP contribution is -2.50. The predicted octanol–water partition coefficient (Wildman–Crippen LogP) is 14.2. The van der Waals surface area contributed by atoms with Gasteiger partial charge in [-0.2, -0.15) is 0 Å². The van der Waals surface area contributed by atoms with Gasteiger partial charge >= 0.3 is 17.9 Å². The van der Waals surface area contributed by atoms with Crippen LogP contribution >= 0.6 is 0 Å². The fourth-order valence-corrected chi connectivity index (χ4v) is 6.67. The van der Waals surface area contributed by atoms with Crippen LogP contribution in [0.2, 0.25) is 0 Å². The van der Waals surface area contributed by atoms with E-state index in [1.165, 1.54) is 51.4 Å². The van der Waals surface area contributed by atoms with E-state index < -0.39 is 18.1 Å². The molecule has 0 aromatic heterocycles. The quantitative estimate of drug-likeness (QED) is 0.0214. The number of allylic oxidation sites excluding steroid dienone is 16. The van der Waals surface area contributed by atoms with E-state index >= 15 is 0 Å². The smallest absolute Gasteiger partial charge is 0.362 e. The summed E-state index contributed by atoms with van der Waals surface area (Å²) in [5.41, 5.74) is 0. The standard InChI is InChI=1S/C55H91NO7/c1-6-8-10-12-14-16-18-20-22-24-26-27-28-30-32-34-36-38-40-42-44-46-54(58)63-51(49-61-48-47-52(55(59)60)56(3,4)5)50-62-53(57)45-43-41-39-37-35-33-31-29-25-23-21-19-17-15-13-11-9-7-2/h8,10,14,16,20,22-23,25-27,29-32,36,38,51-52H,6-7,9,11-13,15,17-19,21,24,28,33-35,37,39-50H2,1-5H3/p+1/b10-8+,16-14+,22-20+,25-23+,27-26+,31-29+,32-30+,38-36+. The molecule has 0 aromatic rings. The number of quaternary nitrogens is 1. The Hall–Kier alpha value is -3.75. The zero-order chi connectivity index (χ0) is 46.3. The average molecular weight is 879 g/mol. The van der Waals surface area contributed by atoms with Crippen LogP contribution in [0.4, 0.5) is 0 Å². The van der Waals surface area contributed by atoms with Crippen LogP contribution in [-0.4, -0.2) is 80.6 Å². The van der Waals surface area contributed by atoms with Gasteiger partial charge in [-0.25, -0.2) is 4.79 Å². The number of likely N-dealkylation sites (N-methyl/N-ethyl adjacent to an activating group) is 1. The third-order valence-corrected chi connectivity index (χ3v) is 10.5. The third-order valence-electron chi connectivity index (χ3n) is 10.5. The van der Waals surface area contributed by atoms with Gasteiger partial charge in [0.2, 0.25) is 0 Å². The minimum absolute atomic E-state index is 0.0322. The molecular formula is C55H92NO7+. The van der Waals surface area contributed by atoms with Gasteiger partial charge in [-0.3, -0.25) is 9.59 Å². The minimum Gasteiger partial charge on any atom is -0.477 e. The number of carboxylic acids is 1. The molecule has 0 fully saturated rings. The van der Waals surface area contributed by atoms with Gasteiger partial charge in [0.1, 0.15) is 6.61 Å². The fourth-order valence-electron chi connectivity index (χ4n) is 6.67. The maximum absolute atomic E-state index is 12.8. The maximum atomic E-state index is 12.8. The Morgan fingerprint density at radius 3 is 1.44 bits per heavy atom. The maximum Gasteiger partial charge on any atom is 0.362 e. The lowest BCUT2D eigenvalue weighted by Gasteiger charge is -2.31. The molecule has 0 aliphatic carbocycles. The first-order valence-electron chi connectivity index (χ1n) is 24.8. The molecule has 0 bridgehead atoms. The Balaban J connectivity index is 4.42. The summed E-state index contributed by atoms with van der Waals surface area (Å²) in [7, 11) is 5.50. The van der Waals surface area contributed by atoms with E-state index in [-0.39, 0.29) is 42.7 Å². The highest BCUT2D eigenvalue weighted by Crippen LogP contribution is 2.13. The molecule has 0 aromatic carbocycles. The number of carbonyl (C=O) groups excluding carboxylic acids is 2. The summed E-state index contributed by atoms with van der Waals surface area (Å²) in [6.45, 7) is 4.54. The van der Waals surface area contributed by atoms with Gasteiger partial charge in [-0.05, 0) is 89.9 Å². The van der Waals surface area contributed by atoms with Gasteiger partial charge in [0, 0.05) is 19.3 Å². The zero-order valence-corrected chi connectivity index (χ0v) is 40.7. The van der Waals surface area contributed by atoms with Crippen molar-refractivity contribution in [1.29, 1.82) is 0 Å². The molecule has 0 aliphatic heterocycles. The molecule has 0 amide bonds. The number of carboxylic acid groups (broad SMARTS) is 1. The Bertz CT molecular complexity index is 1350. The van der Waals surface area contributed by atoms with Crippen molar-refractivity contribution >= 4 is 17.9 Å². The molecule has 63 heavy (non-hydrogen) atoms. The first-order chi connectivity index (χ1) is 30.6. The van der Waals surface area contributed by atoms with E-state index in [1.54, 1.807) is 0 Å². The van der Waals surface area contributed by atoms with Crippen LogP contribution in [0, 0.1) is 0 Å². The number of aliphatic carboxylic acids is 1. The molecule has 8 heteroatoms. The van der Waals surface area contributed by atoms with Crippen LogP contribution in [0.3, 0.4) is 0 Å². The van der Waals surface area contributed by atoms with E-state index in [1.807, 2.05) is 21.1 Å². The van der Waals surface area contributed by atoms with E-state index in [4.69, 9.17) is 14.2 Å². The summed E-state index contributed by atoms with van der Waals surface area (Å²) in [6.07, 6.45) is 60.3. The molecule has 0 aliphatic rings. The zero-order valence-electron chi connectivity index (χ0n) is 40.7. The molecule has 0 saturated carbocycles. The Labute approximate surface area is 386 Å². The van der Waals surface area contributed by atoms with Gasteiger partial charge in [-0.1, -0.05) is 169 Å². The van der Waals surface area contributed by atoms with Crippen molar-refractivity contribution in [2.45, 2.75) is 193 Å².